The monoisotopic (exact) mass is 305 g/mol. The average Bonchev–Trinajstić information content (AvgIpc) is 2.70. The Kier molecular flexibility index (Phi) is 4.95. The highest BCUT2D eigenvalue weighted by Crippen LogP contribution is 2.22. The van der Waals surface area contributed by atoms with Crippen LogP contribution in [0.3, 0.4) is 0 Å². The summed E-state index contributed by atoms with van der Waals surface area (Å²) in [5, 5.41) is 2.88. The van der Waals surface area contributed by atoms with Gasteiger partial charge in [-0.25, -0.2) is 0 Å². The van der Waals surface area contributed by atoms with E-state index in [0.717, 1.165) is 8.66 Å². The smallest absolute Gasteiger partial charge is 0.252 e. The van der Waals surface area contributed by atoms with E-state index >= 15 is 0 Å². The summed E-state index contributed by atoms with van der Waals surface area (Å²) in [6.45, 7) is 4.28. The van der Waals surface area contributed by atoms with Crippen molar-refractivity contribution in [2.75, 3.05) is 7.11 Å². The van der Waals surface area contributed by atoms with Gasteiger partial charge < -0.3 is 10.1 Å². The lowest BCUT2D eigenvalue weighted by Crippen LogP contribution is -2.45. The minimum absolute atomic E-state index is 0.0676. The third kappa shape index (κ3) is 3.30. The number of carbonyl (C=O) groups is 1. The lowest BCUT2D eigenvalue weighted by molar-refractivity contribution is -0.141. The van der Waals surface area contributed by atoms with Crippen LogP contribution < -0.4 is 5.32 Å². The van der Waals surface area contributed by atoms with Gasteiger partial charge in [-0.15, -0.1) is 11.3 Å². The first kappa shape index (κ1) is 13.7. The molecule has 90 valence electrons. The molecular formula is C11H16BrNO2S. The molecule has 0 saturated heterocycles. The fourth-order valence-corrected chi connectivity index (χ4v) is 2.62. The van der Waals surface area contributed by atoms with E-state index in [2.05, 4.69) is 21.2 Å². The van der Waals surface area contributed by atoms with Gasteiger partial charge in [0.15, 0.2) is 0 Å². The topological polar surface area (TPSA) is 38.3 Å². The molecule has 16 heavy (non-hydrogen) atoms. The predicted octanol–water partition coefficient (Wildman–Crippen LogP) is 2.94. The van der Waals surface area contributed by atoms with Gasteiger partial charge in [0.25, 0.3) is 5.91 Å². The standard InChI is InChI=1S/C11H16BrNO2S/c1-4-11(2,15-3)10(14)13-7-8-5-6-9(12)16-8/h5-6H,4,7H2,1-3H3,(H,13,14). The Hall–Kier alpha value is -0.390. The second kappa shape index (κ2) is 5.80. The molecule has 0 aromatic carbocycles. The van der Waals surface area contributed by atoms with Crippen LogP contribution in [0.1, 0.15) is 25.1 Å². The number of methoxy groups -OCH3 is 1. The summed E-state index contributed by atoms with van der Waals surface area (Å²) in [4.78, 5) is 13.0. The Morgan fingerprint density at radius 3 is 2.75 bits per heavy atom. The minimum atomic E-state index is -0.728. The van der Waals surface area contributed by atoms with Gasteiger partial charge in [-0.1, -0.05) is 6.92 Å². The lowest BCUT2D eigenvalue weighted by atomic mass is 10.0. The number of halogens is 1. The van der Waals surface area contributed by atoms with Crippen molar-refractivity contribution >= 4 is 33.2 Å². The van der Waals surface area contributed by atoms with Crippen molar-refractivity contribution in [3.8, 4) is 0 Å². The second-order valence-electron chi connectivity index (χ2n) is 3.68. The Morgan fingerprint density at radius 1 is 1.62 bits per heavy atom. The highest BCUT2D eigenvalue weighted by atomic mass is 79.9. The van der Waals surface area contributed by atoms with E-state index in [-0.39, 0.29) is 5.91 Å². The molecule has 1 rings (SSSR count). The van der Waals surface area contributed by atoms with Gasteiger partial charge >= 0.3 is 0 Å². The van der Waals surface area contributed by atoms with E-state index in [1.807, 2.05) is 19.1 Å². The molecule has 1 aromatic heterocycles. The molecule has 1 atom stereocenters. The minimum Gasteiger partial charge on any atom is -0.369 e. The van der Waals surface area contributed by atoms with E-state index in [0.29, 0.717) is 13.0 Å². The maximum atomic E-state index is 11.9. The van der Waals surface area contributed by atoms with E-state index in [4.69, 9.17) is 4.74 Å². The Balaban J connectivity index is 2.52. The third-order valence-electron chi connectivity index (χ3n) is 2.66. The zero-order valence-electron chi connectivity index (χ0n) is 9.67. The van der Waals surface area contributed by atoms with Crippen LogP contribution in [-0.4, -0.2) is 18.6 Å². The molecular weight excluding hydrogens is 290 g/mol. The van der Waals surface area contributed by atoms with Gasteiger partial charge in [0.05, 0.1) is 10.3 Å². The predicted molar refractivity (Wildman–Crippen MR) is 69.6 cm³/mol. The van der Waals surface area contributed by atoms with Crippen LogP contribution in [0.2, 0.25) is 0 Å². The molecule has 1 heterocycles. The van der Waals surface area contributed by atoms with Crippen LogP contribution in [0.15, 0.2) is 15.9 Å². The van der Waals surface area contributed by atoms with Gasteiger partial charge in [0.1, 0.15) is 5.60 Å². The number of nitrogens with one attached hydrogen (secondary N) is 1. The summed E-state index contributed by atoms with van der Waals surface area (Å²) in [7, 11) is 1.56. The first-order chi connectivity index (χ1) is 7.51. The second-order valence-corrected chi connectivity index (χ2v) is 6.22. The molecule has 5 heteroatoms. The number of hydrogen-bond acceptors (Lipinski definition) is 3. The zero-order valence-corrected chi connectivity index (χ0v) is 12.1. The SMILES string of the molecule is CCC(C)(OC)C(=O)NCc1ccc(Br)s1. The quantitative estimate of drug-likeness (QED) is 0.908. The van der Waals surface area contributed by atoms with Crippen LogP contribution in [0.25, 0.3) is 0 Å². The largest absolute Gasteiger partial charge is 0.369 e. The molecule has 0 fully saturated rings. The van der Waals surface area contributed by atoms with Crippen molar-refractivity contribution in [3.05, 3.63) is 20.8 Å². The fourth-order valence-electron chi connectivity index (χ4n) is 1.20. The summed E-state index contributed by atoms with van der Waals surface area (Å²) < 4.78 is 6.30. The maximum Gasteiger partial charge on any atom is 0.252 e. The van der Waals surface area contributed by atoms with Crippen LogP contribution in [0.5, 0.6) is 0 Å². The van der Waals surface area contributed by atoms with Crippen molar-refractivity contribution in [1.29, 1.82) is 0 Å². The first-order valence-corrected chi connectivity index (χ1v) is 6.70. The normalized spacial score (nSPS) is 14.5. The molecule has 0 aliphatic rings. The molecule has 3 nitrogen and oxygen atoms in total. The average molecular weight is 306 g/mol. The van der Waals surface area contributed by atoms with E-state index < -0.39 is 5.60 Å². The van der Waals surface area contributed by atoms with Crippen molar-refractivity contribution < 1.29 is 9.53 Å². The Labute approximate surface area is 108 Å². The van der Waals surface area contributed by atoms with E-state index in [1.54, 1.807) is 25.4 Å². The van der Waals surface area contributed by atoms with Gasteiger partial charge in [-0.3, -0.25) is 4.79 Å². The molecule has 1 N–H and O–H groups in total. The summed E-state index contributed by atoms with van der Waals surface area (Å²) >= 11 is 5.00. The summed E-state index contributed by atoms with van der Waals surface area (Å²) in [6.07, 6.45) is 0.656. The Bertz CT molecular complexity index is 361. The van der Waals surface area contributed by atoms with Crippen LogP contribution in [0, 0.1) is 0 Å². The molecule has 0 bridgehead atoms. The number of ether oxygens (including phenoxy) is 1. The van der Waals surface area contributed by atoms with Crippen molar-refractivity contribution in [2.24, 2.45) is 0 Å². The Morgan fingerprint density at radius 2 is 2.31 bits per heavy atom. The van der Waals surface area contributed by atoms with Crippen molar-refractivity contribution in [3.63, 3.8) is 0 Å². The summed E-state index contributed by atoms with van der Waals surface area (Å²) in [5.41, 5.74) is -0.728. The highest BCUT2D eigenvalue weighted by molar-refractivity contribution is 9.11. The summed E-state index contributed by atoms with van der Waals surface area (Å²) in [6, 6.07) is 3.96. The van der Waals surface area contributed by atoms with Crippen molar-refractivity contribution in [1.82, 2.24) is 5.32 Å². The fraction of sp³-hybridized carbons (Fsp3) is 0.545. The first-order valence-electron chi connectivity index (χ1n) is 5.09. The number of thiophene rings is 1. The highest BCUT2D eigenvalue weighted by Gasteiger charge is 2.30. The summed E-state index contributed by atoms with van der Waals surface area (Å²) in [5.74, 6) is -0.0676. The maximum absolute atomic E-state index is 11.9. The zero-order chi connectivity index (χ0) is 12.2. The van der Waals surface area contributed by atoms with Crippen molar-refractivity contribution in [2.45, 2.75) is 32.4 Å². The van der Waals surface area contributed by atoms with E-state index in [1.165, 1.54) is 0 Å². The third-order valence-corrected chi connectivity index (χ3v) is 4.28. The number of amides is 1. The van der Waals surface area contributed by atoms with Gasteiger partial charge in [0, 0.05) is 12.0 Å². The molecule has 1 aromatic rings. The van der Waals surface area contributed by atoms with Crippen LogP contribution in [0.4, 0.5) is 0 Å². The van der Waals surface area contributed by atoms with Gasteiger partial charge in [-0.05, 0) is 41.4 Å². The van der Waals surface area contributed by atoms with Gasteiger partial charge in [0.2, 0.25) is 0 Å². The van der Waals surface area contributed by atoms with Crippen LogP contribution >= 0.6 is 27.3 Å². The van der Waals surface area contributed by atoms with Crippen LogP contribution in [-0.2, 0) is 16.1 Å². The molecule has 0 saturated carbocycles. The molecule has 0 aliphatic carbocycles. The molecule has 1 amide bonds. The number of hydrogen-bond donors (Lipinski definition) is 1. The van der Waals surface area contributed by atoms with E-state index in [9.17, 15) is 4.79 Å². The number of carbonyl (C=O) groups excluding carboxylic acids is 1. The molecule has 0 radical (unpaired) electrons. The van der Waals surface area contributed by atoms with Gasteiger partial charge in [-0.2, -0.15) is 0 Å². The molecule has 1 unspecified atom stereocenters. The lowest BCUT2D eigenvalue weighted by Gasteiger charge is -2.24. The number of rotatable bonds is 5. The molecule has 0 aliphatic heterocycles. The molecule has 0 spiro atoms.